The second-order valence-corrected chi connectivity index (χ2v) is 6.26. The smallest absolute Gasteiger partial charge is 0.243 e. The summed E-state index contributed by atoms with van der Waals surface area (Å²) in [6, 6.07) is 13.0. The summed E-state index contributed by atoms with van der Waals surface area (Å²) in [4.78, 5) is 23.5. The van der Waals surface area contributed by atoms with Gasteiger partial charge in [0.2, 0.25) is 11.8 Å². The van der Waals surface area contributed by atoms with E-state index in [2.05, 4.69) is 31.9 Å². The highest BCUT2D eigenvalue weighted by atomic mass is 79.9. The number of nitrogens with one attached hydrogen (secondary N) is 3. The van der Waals surface area contributed by atoms with E-state index in [-0.39, 0.29) is 18.4 Å². The molecule has 126 valence electrons. The number of carbonyl (C=O) groups is 2. The fourth-order valence-electron chi connectivity index (χ4n) is 2.03. The number of amides is 2. The molecule has 0 bridgehead atoms. The molecule has 6 heteroatoms. The average molecular weight is 390 g/mol. The SMILES string of the molecule is CCC(=O)Nc1cc(NCC(=O)Nc2ccc(Br)cc2)ccc1C. The Morgan fingerprint density at radius 1 is 0.958 bits per heavy atom. The van der Waals surface area contributed by atoms with Crippen LogP contribution in [0.2, 0.25) is 0 Å². The van der Waals surface area contributed by atoms with Crippen molar-refractivity contribution >= 4 is 44.8 Å². The molecule has 2 rings (SSSR count). The first-order valence-corrected chi connectivity index (χ1v) is 8.47. The molecule has 3 N–H and O–H groups in total. The first kappa shape index (κ1) is 18.0. The monoisotopic (exact) mass is 389 g/mol. The summed E-state index contributed by atoms with van der Waals surface area (Å²) in [6.07, 6.45) is 0.423. The highest BCUT2D eigenvalue weighted by molar-refractivity contribution is 9.10. The standard InChI is InChI=1S/C18H20BrN3O2/c1-3-17(23)22-16-10-15(7-4-12(16)2)20-11-18(24)21-14-8-5-13(19)6-9-14/h4-10,20H,3,11H2,1-2H3,(H,21,24)(H,22,23). The predicted molar refractivity (Wildman–Crippen MR) is 101 cm³/mol. The van der Waals surface area contributed by atoms with Crippen molar-refractivity contribution in [1.82, 2.24) is 0 Å². The summed E-state index contributed by atoms with van der Waals surface area (Å²) in [5.74, 6) is -0.180. The Hall–Kier alpha value is -2.34. The Balaban J connectivity index is 1.93. The third-order valence-electron chi connectivity index (χ3n) is 3.41. The van der Waals surface area contributed by atoms with Gasteiger partial charge in [-0.15, -0.1) is 0 Å². The number of halogens is 1. The van der Waals surface area contributed by atoms with Gasteiger partial charge in [-0.25, -0.2) is 0 Å². The Morgan fingerprint density at radius 3 is 2.29 bits per heavy atom. The minimum absolute atomic E-state index is 0.0387. The molecule has 2 amide bonds. The van der Waals surface area contributed by atoms with Crippen LogP contribution in [0.1, 0.15) is 18.9 Å². The minimum Gasteiger partial charge on any atom is -0.376 e. The van der Waals surface area contributed by atoms with Crippen LogP contribution in [-0.4, -0.2) is 18.4 Å². The zero-order valence-electron chi connectivity index (χ0n) is 13.7. The molecule has 0 spiro atoms. The number of anilines is 3. The lowest BCUT2D eigenvalue weighted by Crippen LogP contribution is -2.21. The van der Waals surface area contributed by atoms with E-state index in [1.807, 2.05) is 49.4 Å². The topological polar surface area (TPSA) is 70.2 Å². The van der Waals surface area contributed by atoms with Gasteiger partial charge in [-0.3, -0.25) is 9.59 Å². The summed E-state index contributed by atoms with van der Waals surface area (Å²) in [5.41, 5.74) is 3.24. The molecule has 0 aromatic heterocycles. The Labute approximate surface area is 150 Å². The molecule has 0 aliphatic heterocycles. The van der Waals surface area contributed by atoms with Crippen molar-refractivity contribution in [2.75, 3.05) is 22.5 Å². The quantitative estimate of drug-likeness (QED) is 0.694. The molecule has 0 radical (unpaired) electrons. The minimum atomic E-state index is -0.142. The van der Waals surface area contributed by atoms with E-state index < -0.39 is 0 Å². The number of benzene rings is 2. The molecule has 2 aromatic carbocycles. The van der Waals surface area contributed by atoms with Crippen molar-refractivity contribution in [3.05, 3.63) is 52.5 Å². The van der Waals surface area contributed by atoms with Gasteiger partial charge in [0.25, 0.3) is 0 Å². The van der Waals surface area contributed by atoms with Gasteiger partial charge in [0.15, 0.2) is 0 Å². The molecule has 0 saturated carbocycles. The number of aryl methyl sites for hydroxylation is 1. The zero-order valence-corrected chi connectivity index (χ0v) is 15.2. The second kappa shape index (κ2) is 8.49. The van der Waals surface area contributed by atoms with E-state index in [1.165, 1.54) is 0 Å². The summed E-state index contributed by atoms with van der Waals surface area (Å²) < 4.78 is 0.958. The molecule has 0 unspecified atom stereocenters. The normalized spacial score (nSPS) is 10.1. The van der Waals surface area contributed by atoms with Crippen LogP contribution in [0.3, 0.4) is 0 Å². The molecule has 0 fully saturated rings. The van der Waals surface area contributed by atoms with Crippen LogP contribution in [0.5, 0.6) is 0 Å². The lowest BCUT2D eigenvalue weighted by Gasteiger charge is -2.12. The van der Waals surface area contributed by atoms with Crippen molar-refractivity contribution in [3.63, 3.8) is 0 Å². The molecule has 0 saturated heterocycles. The molecule has 0 aliphatic carbocycles. The highest BCUT2D eigenvalue weighted by Gasteiger charge is 2.06. The summed E-state index contributed by atoms with van der Waals surface area (Å²) >= 11 is 3.35. The fraction of sp³-hybridized carbons (Fsp3) is 0.222. The number of carbonyl (C=O) groups excluding carboxylic acids is 2. The van der Waals surface area contributed by atoms with E-state index in [0.717, 1.165) is 27.1 Å². The molecule has 2 aromatic rings. The van der Waals surface area contributed by atoms with Crippen molar-refractivity contribution in [1.29, 1.82) is 0 Å². The number of hydrogen-bond acceptors (Lipinski definition) is 3. The van der Waals surface area contributed by atoms with Gasteiger partial charge in [-0.1, -0.05) is 28.9 Å². The Bertz CT molecular complexity index is 730. The molecule has 0 atom stereocenters. The van der Waals surface area contributed by atoms with Crippen LogP contribution in [0.4, 0.5) is 17.1 Å². The third kappa shape index (κ3) is 5.38. The van der Waals surface area contributed by atoms with E-state index in [1.54, 1.807) is 6.92 Å². The summed E-state index contributed by atoms with van der Waals surface area (Å²) in [5, 5.41) is 8.73. The van der Waals surface area contributed by atoms with E-state index in [9.17, 15) is 9.59 Å². The molecular weight excluding hydrogens is 370 g/mol. The van der Waals surface area contributed by atoms with Crippen LogP contribution in [0.25, 0.3) is 0 Å². The van der Waals surface area contributed by atoms with Gasteiger partial charge in [-0.05, 0) is 48.9 Å². The number of rotatable bonds is 6. The van der Waals surface area contributed by atoms with Gasteiger partial charge < -0.3 is 16.0 Å². The van der Waals surface area contributed by atoms with Crippen molar-refractivity contribution in [3.8, 4) is 0 Å². The maximum absolute atomic E-state index is 12.0. The van der Waals surface area contributed by atoms with Crippen LogP contribution in [0, 0.1) is 6.92 Å². The molecule has 0 aliphatic rings. The fourth-order valence-corrected chi connectivity index (χ4v) is 2.29. The maximum atomic E-state index is 12.0. The lowest BCUT2D eigenvalue weighted by atomic mass is 10.1. The van der Waals surface area contributed by atoms with Crippen LogP contribution in [-0.2, 0) is 9.59 Å². The lowest BCUT2D eigenvalue weighted by molar-refractivity contribution is -0.116. The molecule has 5 nitrogen and oxygen atoms in total. The summed E-state index contributed by atoms with van der Waals surface area (Å²) in [7, 11) is 0. The van der Waals surface area contributed by atoms with Gasteiger partial charge in [0, 0.05) is 28.0 Å². The first-order valence-electron chi connectivity index (χ1n) is 7.67. The first-order chi connectivity index (χ1) is 11.5. The molecule has 24 heavy (non-hydrogen) atoms. The number of hydrogen-bond donors (Lipinski definition) is 3. The largest absolute Gasteiger partial charge is 0.376 e. The third-order valence-corrected chi connectivity index (χ3v) is 3.94. The van der Waals surface area contributed by atoms with Crippen molar-refractivity contribution < 1.29 is 9.59 Å². The van der Waals surface area contributed by atoms with Crippen molar-refractivity contribution in [2.45, 2.75) is 20.3 Å². The van der Waals surface area contributed by atoms with E-state index in [0.29, 0.717) is 6.42 Å². The predicted octanol–water partition coefficient (Wildman–Crippen LogP) is 4.16. The van der Waals surface area contributed by atoms with Gasteiger partial charge >= 0.3 is 0 Å². The van der Waals surface area contributed by atoms with Crippen LogP contribution >= 0.6 is 15.9 Å². The summed E-state index contributed by atoms with van der Waals surface area (Å²) in [6.45, 7) is 3.87. The van der Waals surface area contributed by atoms with E-state index in [4.69, 9.17) is 0 Å². The van der Waals surface area contributed by atoms with Gasteiger partial charge in [-0.2, -0.15) is 0 Å². The van der Waals surface area contributed by atoms with Gasteiger partial charge in [0.05, 0.1) is 6.54 Å². The Morgan fingerprint density at radius 2 is 1.62 bits per heavy atom. The molecular formula is C18H20BrN3O2. The van der Waals surface area contributed by atoms with Crippen LogP contribution < -0.4 is 16.0 Å². The van der Waals surface area contributed by atoms with E-state index >= 15 is 0 Å². The van der Waals surface area contributed by atoms with Crippen molar-refractivity contribution in [2.24, 2.45) is 0 Å². The maximum Gasteiger partial charge on any atom is 0.243 e. The Kier molecular flexibility index (Phi) is 6.37. The highest BCUT2D eigenvalue weighted by Crippen LogP contribution is 2.20. The molecule has 0 heterocycles. The second-order valence-electron chi connectivity index (χ2n) is 5.34. The van der Waals surface area contributed by atoms with Gasteiger partial charge in [0.1, 0.15) is 0 Å². The average Bonchev–Trinajstić information content (AvgIpc) is 2.57. The zero-order chi connectivity index (χ0) is 17.5. The van der Waals surface area contributed by atoms with Crippen LogP contribution in [0.15, 0.2) is 46.9 Å².